The number of hydrogen-bond acceptors (Lipinski definition) is 8. The second-order valence-electron chi connectivity index (χ2n) is 17.1. The van der Waals surface area contributed by atoms with E-state index < -0.39 is 30.2 Å². The molecule has 3 aromatic heterocycles. The summed E-state index contributed by atoms with van der Waals surface area (Å²) in [4.78, 5) is 58.8. The lowest BCUT2D eigenvalue weighted by atomic mass is 10.0. The molecule has 14 nitrogen and oxygen atoms in total. The first-order valence-corrected chi connectivity index (χ1v) is 20.7. The van der Waals surface area contributed by atoms with Crippen LogP contribution in [0.4, 0.5) is 9.18 Å². The number of nitrogens with zero attached hydrogens (tertiary/aromatic N) is 5. The molecule has 2 aromatic carbocycles. The monoisotopic (exact) mass is 807 g/mol. The molecule has 5 unspecified atom stereocenters. The van der Waals surface area contributed by atoms with Gasteiger partial charge in [-0.25, -0.2) is 19.2 Å². The molecule has 6 heterocycles. The van der Waals surface area contributed by atoms with E-state index in [1.807, 2.05) is 56.9 Å². The van der Waals surface area contributed by atoms with Gasteiger partial charge in [-0.05, 0) is 67.9 Å². The van der Waals surface area contributed by atoms with Gasteiger partial charge in [-0.1, -0.05) is 47.6 Å². The third-order valence-electron chi connectivity index (χ3n) is 12.1. The zero-order chi connectivity index (χ0) is 41.9. The van der Waals surface area contributed by atoms with Crippen LogP contribution < -0.4 is 15.8 Å². The largest absolute Gasteiger partial charge is 0.469 e. The highest BCUT2D eigenvalue weighted by molar-refractivity contribution is 5.92. The number of carbonyl (C=O) groups is 3. The lowest BCUT2D eigenvalue weighted by Crippen LogP contribution is -2.51. The standard InChI is InChI=1S/C44H54FN9O5/c1-22(2)37(46)41(55)52-14-8-10-32(52)39-48-21-30(50-39)26-17-28(45)36-34-18-27-16-25(12-13-31(27)54(34)43(24(5)6)59-35(36)19-26)29-20-47-40(49-29)33-11-9-15-53(33)42(56)38(23(3)4)51-44(57)58-7/h12-13,16-24,32-33,37-38,43H,8-11,14-15,46H2,1-7H3,(H,47,49)(H,48,50)(H,51,57). The van der Waals surface area contributed by atoms with E-state index in [0.717, 1.165) is 53.5 Å². The number of alkyl carbamates (subject to hydrolysis) is 1. The Kier molecular flexibility index (Phi) is 10.7. The molecule has 8 rings (SSSR count). The smallest absolute Gasteiger partial charge is 0.407 e. The predicted molar refractivity (Wildman–Crippen MR) is 221 cm³/mol. The van der Waals surface area contributed by atoms with Crippen molar-refractivity contribution in [2.45, 2.75) is 97.6 Å². The minimum atomic E-state index is -0.722. The molecule has 0 saturated carbocycles. The van der Waals surface area contributed by atoms with E-state index >= 15 is 4.39 Å². The third-order valence-corrected chi connectivity index (χ3v) is 12.1. The number of fused-ring (bicyclic) bond motifs is 5. The van der Waals surface area contributed by atoms with Gasteiger partial charge in [0.05, 0.1) is 65.8 Å². The zero-order valence-corrected chi connectivity index (χ0v) is 34.7. The number of hydrogen-bond donors (Lipinski definition) is 4. The van der Waals surface area contributed by atoms with E-state index in [0.29, 0.717) is 47.3 Å². The summed E-state index contributed by atoms with van der Waals surface area (Å²) in [5.41, 5.74) is 11.2. The molecule has 3 amide bonds. The van der Waals surface area contributed by atoms with Crippen LogP contribution in [0.5, 0.6) is 5.75 Å². The van der Waals surface area contributed by atoms with Crippen molar-refractivity contribution in [1.82, 2.24) is 39.6 Å². The van der Waals surface area contributed by atoms with Crippen LogP contribution in [0.1, 0.15) is 97.2 Å². The molecule has 2 saturated heterocycles. The minimum Gasteiger partial charge on any atom is -0.469 e. The highest BCUT2D eigenvalue weighted by Crippen LogP contribution is 2.47. The SMILES string of the molecule is COC(=O)NC(C(=O)N1CCCC1c1ncc(-c2ccc3c(c2)cc2n3C(C(C)C)Oc3cc(-c4cnc(C5CCCN5C(=O)C(N)C(C)C)[nH]4)cc(F)c3-2)[nH]1)C(C)C. The molecule has 5 N–H and O–H groups in total. The van der Waals surface area contributed by atoms with Gasteiger partial charge in [-0.3, -0.25) is 9.59 Å². The van der Waals surface area contributed by atoms with Gasteiger partial charge in [0.2, 0.25) is 11.8 Å². The number of imidazole rings is 2. The molecular weight excluding hydrogens is 754 g/mol. The number of ether oxygens (including phenoxy) is 2. The average molecular weight is 808 g/mol. The number of aromatic amines is 2. The number of aromatic nitrogens is 5. The Hall–Kier alpha value is -5.70. The number of nitrogens with one attached hydrogen (secondary N) is 3. The molecule has 59 heavy (non-hydrogen) atoms. The quantitative estimate of drug-likeness (QED) is 0.112. The molecule has 0 radical (unpaired) electrons. The summed E-state index contributed by atoms with van der Waals surface area (Å²) >= 11 is 0. The van der Waals surface area contributed by atoms with Crippen LogP contribution in [-0.2, 0) is 14.3 Å². The summed E-state index contributed by atoms with van der Waals surface area (Å²) in [6, 6.07) is 9.69. The summed E-state index contributed by atoms with van der Waals surface area (Å²) in [5.74, 6) is 1.05. The lowest BCUT2D eigenvalue weighted by Gasteiger charge is -2.32. The first kappa shape index (κ1) is 40.1. The molecule has 0 aliphatic carbocycles. The topological polar surface area (TPSA) is 176 Å². The van der Waals surface area contributed by atoms with E-state index in [1.165, 1.54) is 13.2 Å². The molecule has 2 fully saturated rings. The normalized spacial score (nSPS) is 20.0. The van der Waals surface area contributed by atoms with Crippen LogP contribution in [0.3, 0.4) is 0 Å². The Morgan fingerprint density at radius 1 is 0.864 bits per heavy atom. The van der Waals surface area contributed by atoms with Crippen molar-refractivity contribution in [2.75, 3.05) is 20.2 Å². The molecule has 3 aliphatic rings. The summed E-state index contributed by atoms with van der Waals surface area (Å²) in [6.07, 6.45) is 5.61. The van der Waals surface area contributed by atoms with Gasteiger partial charge in [0.25, 0.3) is 0 Å². The Morgan fingerprint density at radius 2 is 1.49 bits per heavy atom. The van der Waals surface area contributed by atoms with E-state index in [9.17, 15) is 14.4 Å². The first-order chi connectivity index (χ1) is 28.2. The number of rotatable bonds is 10. The fourth-order valence-corrected chi connectivity index (χ4v) is 8.86. The van der Waals surface area contributed by atoms with E-state index in [2.05, 4.69) is 44.7 Å². The van der Waals surface area contributed by atoms with Gasteiger partial charge in [0, 0.05) is 35.5 Å². The van der Waals surface area contributed by atoms with Crippen molar-refractivity contribution in [1.29, 1.82) is 0 Å². The van der Waals surface area contributed by atoms with Crippen LogP contribution >= 0.6 is 0 Å². The van der Waals surface area contributed by atoms with Crippen LogP contribution in [-0.4, -0.2) is 84.5 Å². The highest BCUT2D eigenvalue weighted by atomic mass is 19.1. The number of nitrogens with two attached hydrogens (primary N) is 1. The number of carbonyl (C=O) groups excluding carboxylic acids is 3. The second kappa shape index (κ2) is 15.8. The highest BCUT2D eigenvalue weighted by Gasteiger charge is 2.39. The van der Waals surface area contributed by atoms with Crippen molar-refractivity contribution in [2.24, 2.45) is 23.5 Å². The molecule has 0 bridgehead atoms. The summed E-state index contributed by atoms with van der Waals surface area (Å²) < 4.78 is 30.0. The van der Waals surface area contributed by atoms with Crippen LogP contribution in [0.2, 0.25) is 0 Å². The Balaban J connectivity index is 1.08. The van der Waals surface area contributed by atoms with Crippen LogP contribution in [0, 0.1) is 23.6 Å². The molecular formula is C44H54FN9O5. The fourth-order valence-electron chi connectivity index (χ4n) is 8.86. The number of amides is 3. The van der Waals surface area contributed by atoms with Gasteiger partial charge in [-0.15, -0.1) is 0 Å². The van der Waals surface area contributed by atoms with Crippen molar-refractivity contribution in [3.63, 3.8) is 0 Å². The van der Waals surface area contributed by atoms with Gasteiger partial charge in [0.15, 0.2) is 6.23 Å². The van der Waals surface area contributed by atoms with Gasteiger partial charge >= 0.3 is 6.09 Å². The van der Waals surface area contributed by atoms with E-state index in [4.69, 9.17) is 20.2 Å². The Bertz CT molecular complexity index is 2400. The molecule has 15 heteroatoms. The Morgan fingerprint density at radius 3 is 2.08 bits per heavy atom. The molecule has 5 atom stereocenters. The van der Waals surface area contributed by atoms with Crippen molar-refractivity contribution >= 4 is 28.8 Å². The predicted octanol–water partition coefficient (Wildman–Crippen LogP) is 7.47. The number of likely N-dealkylation sites (tertiary alicyclic amines) is 2. The number of H-pyrrole nitrogens is 2. The molecule has 5 aromatic rings. The van der Waals surface area contributed by atoms with Crippen molar-refractivity contribution in [3.05, 3.63) is 66.3 Å². The van der Waals surface area contributed by atoms with E-state index in [1.54, 1.807) is 17.3 Å². The van der Waals surface area contributed by atoms with Gasteiger partial charge < -0.3 is 44.9 Å². The zero-order valence-electron chi connectivity index (χ0n) is 34.7. The average Bonchev–Trinajstić information content (AvgIpc) is 4.06. The lowest BCUT2D eigenvalue weighted by molar-refractivity contribution is -0.136. The molecule has 0 spiro atoms. The van der Waals surface area contributed by atoms with E-state index in [-0.39, 0.29) is 41.7 Å². The molecule has 312 valence electrons. The van der Waals surface area contributed by atoms with Crippen LogP contribution in [0.25, 0.3) is 44.7 Å². The van der Waals surface area contributed by atoms with Crippen molar-refractivity contribution < 1.29 is 28.2 Å². The van der Waals surface area contributed by atoms with Crippen LogP contribution in [0.15, 0.2) is 48.8 Å². The summed E-state index contributed by atoms with van der Waals surface area (Å²) in [6.45, 7) is 13.0. The summed E-state index contributed by atoms with van der Waals surface area (Å²) in [7, 11) is 1.28. The number of methoxy groups -OCH3 is 1. The number of benzene rings is 2. The van der Waals surface area contributed by atoms with Gasteiger partial charge in [-0.2, -0.15) is 0 Å². The second-order valence-corrected chi connectivity index (χ2v) is 17.1. The van der Waals surface area contributed by atoms with Gasteiger partial charge in [0.1, 0.15) is 29.3 Å². The fraction of sp³-hybridized carbons (Fsp3) is 0.477. The number of halogens is 1. The summed E-state index contributed by atoms with van der Waals surface area (Å²) in [5, 5.41) is 3.61. The maximum atomic E-state index is 16.5. The maximum absolute atomic E-state index is 16.5. The maximum Gasteiger partial charge on any atom is 0.407 e. The molecule has 3 aliphatic heterocycles. The third kappa shape index (κ3) is 7.23. The Labute approximate surface area is 343 Å². The van der Waals surface area contributed by atoms with Crippen molar-refractivity contribution in [3.8, 4) is 39.5 Å². The minimum absolute atomic E-state index is 0.0194. The first-order valence-electron chi connectivity index (χ1n) is 20.7.